The van der Waals surface area contributed by atoms with E-state index in [0.717, 1.165) is 11.4 Å². The van der Waals surface area contributed by atoms with Crippen LogP contribution in [-0.4, -0.2) is 20.1 Å². The lowest BCUT2D eigenvalue weighted by Gasteiger charge is -2.15. The summed E-state index contributed by atoms with van der Waals surface area (Å²) in [6.07, 6.45) is 1.61. The fourth-order valence-electron chi connectivity index (χ4n) is 2.56. The lowest BCUT2D eigenvalue weighted by molar-refractivity contribution is 0.342. The van der Waals surface area contributed by atoms with Crippen LogP contribution in [0.3, 0.4) is 0 Å². The number of aliphatic imine (C=N–C) groups is 1. The molecule has 0 saturated carbocycles. The van der Waals surface area contributed by atoms with E-state index in [-0.39, 0.29) is 0 Å². The van der Waals surface area contributed by atoms with Gasteiger partial charge >= 0.3 is 0 Å². The van der Waals surface area contributed by atoms with Crippen LogP contribution in [0.5, 0.6) is 23.0 Å². The van der Waals surface area contributed by atoms with Crippen LogP contribution in [0.1, 0.15) is 6.92 Å². The summed E-state index contributed by atoms with van der Waals surface area (Å²) in [6, 6.07) is 24.5. The highest BCUT2D eigenvalue weighted by molar-refractivity contribution is 5.96. The van der Waals surface area contributed by atoms with Crippen LogP contribution >= 0.6 is 0 Å². The summed E-state index contributed by atoms with van der Waals surface area (Å²) in [7, 11) is 3.15. The van der Waals surface area contributed by atoms with Gasteiger partial charge in [-0.3, -0.25) is 0 Å². The summed E-state index contributed by atoms with van der Waals surface area (Å²) in [6.45, 7) is 1.87. The third-order valence-corrected chi connectivity index (χ3v) is 4.01. The van der Waals surface area contributed by atoms with E-state index in [2.05, 4.69) is 4.99 Å². The number of benzene rings is 3. The van der Waals surface area contributed by atoms with Gasteiger partial charge in [0.25, 0.3) is 0 Å². The minimum absolute atomic E-state index is 0.388. The normalized spacial score (nSPS) is 11.7. The maximum atomic E-state index is 6.13. The van der Waals surface area contributed by atoms with Gasteiger partial charge in [-0.05, 0) is 43.3 Å². The molecule has 0 fully saturated rings. The second-order valence-corrected chi connectivity index (χ2v) is 6.08. The molecule has 0 aromatic heterocycles. The third kappa shape index (κ3) is 5.39. The SMILES string of the molecule is COc1cccc(OC(=Nc2ccccc2)C(C)=COc2ccccc2)c1OC. The summed E-state index contributed by atoms with van der Waals surface area (Å²) < 4.78 is 22.7. The van der Waals surface area contributed by atoms with Gasteiger partial charge in [0.05, 0.1) is 26.2 Å². The van der Waals surface area contributed by atoms with E-state index in [1.165, 1.54) is 0 Å². The average Bonchev–Trinajstić information content (AvgIpc) is 2.78. The molecular formula is C24H23NO4. The summed E-state index contributed by atoms with van der Waals surface area (Å²) >= 11 is 0. The van der Waals surface area contributed by atoms with Gasteiger partial charge in [0, 0.05) is 5.57 Å². The van der Waals surface area contributed by atoms with Crippen molar-refractivity contribution in [3.8, 4) is 23.0 Å². The van der Waals surface area contributed by atoms with E-state index in [1.807, 2.05) is 73.7 Å². The Balaban J connectivity index is 1.95. The third-order valence-electron chi connectivity index (χ3n) is 4.01. The smallest absolute Gasteiger partial charge is 0.226 e. The van der Waals surface area contributed by atoms with Gasteiger partial charge in [-0.15, -0.1) is 0 Å². The molecule has 0 unspecified atom stereocenters. The molecule has 3 aromatic rings. The van der Waals surface area contributed by atoms with Crippen molar-refractivity contribution in [1.29, 1.82) is 0 Å². The number of methoxy groups -OCH3 is 2. The molecule has 0 amide bonds. The lowest BCUT2D eigenvalue weighted by atomic mass is 10.2. The van der Waals surface area contributed by atoms with Crippen molar-refractivity contribution in [1.82, 2.24) is 0 Å². The highest BCUT2D eigenvalue weighted by atomic mass is 16.5. The maximum Gasteiger partial charge on any atom is 0.226 e. The standard InChI is InChI=1S/C24H23NO4/c1-18(17-28-20-13-8-5-9-14-20)24(25-19-11-6-4-7-12-19)29-22-16-10-15-21(26-2)23(22)27-3/h4-17H,1-3H3. The molecule has 29 heavy (non-hydrogen) atoms. The zero-order valence-corrected chi connectivity index (χ0v) is 16.7. The minimum Gasteiger partial charge on any atom is -0.493 e. The van der Waals surface area contributed by atoms with Gasteiger partial charge < -0.3 is 18.9 Å². The molecule has 0 saturated heterocycles. The predicted octanol–water partition coefficient (Wildman–Crippen LogP) is 5.80. The first kappa shape index (κ1) is 20.0. The minimum atomic E-state index is 0.388. The largest absolute Gasteiger partial charge is 0.493 e. The van der Waals surface area contributed by atoms with E-state index in [1.54, 1.807) is 32.6 Å². The van der Waals surface area contributed by atoms with Gasteiger partial charge in [-0.25, -0.2) is 4.99 Å². The van der Waals surface area contributed by atoms with Gasteiger partial charge in [0.2, 0.25) is 11.6 Å². The van der Waals surface area contributed by atoms with Crippen LogP contribution < -0.4 is 18.9 Å². The number of rotatable bonds is 7. The van der Waals surface area contributed by atoms with E-state index in [4.69, 9.17) is 18.9 Å². The number of nitrogens with zero attached hydrogens (tertiary/aromatic N) is 1. The van der Waals surface area contributed by atoms with Crippen LogP contribution in [0.2, 0.25) is 0 Å². The molecule has 0 N–H and O–H groups in total. The number of hydrogen-bond donors (Lipinski definition) is 0. The Bertz CT molecular complexity index is 982. The predicted molar refractivity (Wildman–Crippen MR) is 115 cm³/mol. The molecule has 0 aliphatic carbocycles. The summed E-state index contributed by atoms with van der Waals surface area (Å²) in [5.74, 6) is 2.68. The van der Waals surface area contributed by atoms with E-state index >= 15 is 0 Å². The fourth-order valence-corrected chi connectivity index (χ4v) is 2.56. The van der Waals surface area contributed by atoms with E-state index in [0.29, 0.717) is 28.7 Å². The van der Waals surface area contributed by atoms with Crippen LogP contribution in [0.15, 0.2) is 95.7 Å². The van der Waals surface area contributed by atoms with Crippen molar-refractivity contribution in [2.45, 2.75) is 6.92 Å². The molecule has 5 heteroatoms. The Morgan fingerprint density at radius 2 is 1.41 bits per heavy atom. The quantitative estimate of drug-likeness (QED) is 0.291. The first-order chi connectivity index (χ1) is 14.2. The van der Waals surface area contributed by atoms with Gasteiger partial charge in [-0.1, -0.05) is 42.5 Å². The Morgan fingerprint density at radius 1 is 0.759 bits per heavy atom. The molecule has 0 atom stereocenters. The zero-order chi connectivity index (χ0) is 20.5. The van der Waals surface area contributed by atoms with Gasteiger partial charge in [0.15, 0.2) is 11.5 Å². The topological polar surface area (TPSA) is 49.3 Å². The lowest BCUT2D eigenvalue weighted by Crippen LogP contribution is -2.12. The molecule has 5 nitrogen and oxygen atoms in total. The molecule has 3 aromatic carbocycles. The Labute approximate surface area is 170 Å². The molecule has 3 rings (SSSR count). The Hall–Kier alpha value is -3.73. The highest BCUT2D eigenvalue weighted by Gasteiger charge is 2.15. The fraction of sp³-hybridized carbons (Fsp3) is 0.125. The van der Waals surface area contributed by atoms with Gasteiger partial charge in [0.1, 0.15) is 5.75 Å². The van der Waals surface area contributed by atoms with Crippen LogP contribution in [0.4, 0.5) is 5.69 Å². The van der Waals surface area contributed by atoms with Gasteiger partial charge in [-0.2, -0.15) is 0 Å². The molecule has 0 aliphatic rings. The average molecular weight is 389 g/mol. The van der Waals surface area contributed by atoms with E-state index in [9.17, 15) is 0 Å². The van der Waals surface area contributed by atoms with Crippen LogP contribution in [0, 0.1) is 0 Å². The van der Waals surface area contributed by atoms with Crippen molar-refractivity contribution in [2.24, 2.45) is 4.99 Å². The molecular weight excluding hydrogens is 366 g/mol. The zero-order valence-electron chi connectivity index (χ0n) is 16.7. The number of hydrogen-bond acceptors (Lipinski definition) is 5. The van der Waals surface area contributed by atoms with E-state index < -0.39 is 0 Å². The highest BCUT2D eigenvalue weighted by Crippen LogP contribution is 2.37. The molecule has 0 heterocycles. The first-order valence-corrected chi connectivity index (χ1v) is 9.12. The maximum absolute atomic E-state index is 6.13. The van der Waals surface area contributed by atoms with Crippen molar-refractivity contribution in [2.75, 3.05) is 14.2 Å². The molecule has 0 radical (unpaired) electrons. The number of para-hydroxylation sites is 3. The summed E-state index contributed by atoms with van der Waals surface area (Å²) in [5.41, 5.74) is 1.47. The summed E-state index contributed by atoms with van der Waals surface area (Å²) in [4.78, 5) is 4.65. The second kappa shape index (κ2) is 9.99. The van der Waals surface area contributed by atoms with Crippen molar-refractivity contribution < 1.29 is 18.9 Å². The Morgan fingerprint density at radius 3 is 2.07 bits per heavy atom. The molecule has 0 aliphatic heterocycles. The monoisotopic (exact) mass is 389 g/mol. The summed E-state index contributed by atoms with van der Waals surface area (Å²) in [5, 5.41) is 0. The second-order valence-electron chi connectivity index (χ2n) is 6.08. The number of ether oxygens (including phenoxy) is 4. The van der Waals surface area contributed by atoms with Crippen molar-refractivity contribution >= 4 is 11.6 Å². The Kier molecular flexibility index (Phi) is 6.90. The molecule has 0 spiro atoms. The molecule has 148 valence electrons. The van der Waals surface area contributed by atoms with Crippen LogP contribution in [-0.2, 0) is 0 Å². The molecule has 0 bridgehead atoms. The van der Waals surface area contributed by atoms with Crippen molar-refractivity contribution in [3.63, 3.8) is 0 Å². The van der Waals surface area contributed by atoms with Crippen molar-refractivity contribution in [3.05, 3.63) is 90.7 Å². The first-order valence-electron chi connectivity index (χ1n) is 9.12. The van der Waals surface area contributed by atoms with Crippen LogP contribution in [0.25, 0.3) is 0 Å².